The molecule has 26 heavy (non-hydrogen) atoms. The number of benzene rings is 1. The summed E-state index contributed by atoms with van der Waals surface area (Å²) in [6, 6.07) is 12.6. The smallest absolute Gasteiger partial charge is 0.187 e. The minimum absolute atomic E-state index is 0.398. The summed E-state index contributed by atoms with van der Waals surface area (Å²) in [5.41, 5.74) is 4.48. The van der Waals surface area contributed by atoms with Crippen molar-refractivity contribution in [2.45, 2.75) is 6.54 Å². The molecule has 2 heterocycles. The molecule has 0 amide bonds. The van der Waals surface area contributed by atoms with Gasteiger partial charge in [-0.2, -0.15) is 5.10 Å². The molecule has 2 aromatic heterocycles. The second-order valence-corrected chi connectivity index (χ2v) is 6.49. The van der Waals surface area contributed by atoms with E-state index in [0.29, 0.717) is 33.2 Å². The number of thiocarbonyl (C=S) groups is 1. The van der Waals surface area contributed by atoms with Crippen LogP contribution in [-0.4, -0.2) is 16.3 Å². The Morgan fingerprint density at radius 2 is 2.12 bits per heavy atom. The van der Waals surface area contributed by atoms with Gasteiger partial charge in [0.25, 0.3) is 0 Å². The molecule has 0 aliphatic heterocycles. The van der Waals surface area contributed by atoms with Crippen LogP contribution in [0.15, 0.2) is 64.4 Å². The first-order valence-corrected chi connectivity index (χ1v) is 8.79. The third kappa shape index (κ3) is 5.05. The normalized spacial score (nSPS) is 10.8. The zero-order valence-corrected chi connectivity index (χ0v) is 15.8. The highest BCUT2D eigenvalue weighted by atomic mass is 35.5. The van der Waals surface area contributed by atoms with Crippen LogP contribution < -0.4 is 10.7 Å². The first-order valence-electron chi connectivity index (χ1n) is 7.63. The minimum Gasteiger partial charge on any atom is -0.455 e. The molecule has 0 atom stereocenters. The average molecular weight is 405 g/mol. The van der Waals surface area contributed by atoms with Gasteiger partial charge in [-0.3, -0.25) is 10.4 Å². The van der Waals surface area contributed by atoms with Gasteiger partial charge in [-0.05, 0) is 54.2 Å². The second-order valence-electron chi connectivity index (χ2n) is 5.24. The summed E-state index contributed by atoms with van der Waals surface area (Å²) in [7, 11) is 0. The van der Waals surface area contributed by atoms with E-state index in [9.17, 15) is 0 Å². The van der Waals surface area contributed by atoms with Crippen LogP contribution >= 0.6 is 35.4 Å². The molecule has 3 rings (SSSR count). The Morgan fingerprint density at radius 1 is 1.23 bits per heavy atom. The van der Waals surface area contributed by atoms with Crippen LogP contribution in [0.25, 0.3) is 11.3 Å². The minimum atomic E-state index is 0.398. The summed E-state index contributed by atoms with van der Waals surface area (Å²) >= 11 is 17.3. The van der Waals surface area contributed by atoms with Gasteiger partial charge < -0.3 is 9.73 Å². The summed E-state index contributed by atoms with van der Waals surface area (Å²) in [6.07, 6.45) is 5.02. The fraction of sp³-hybridized carbons (Fsp3) is 0.0556. The molecule has 0 saturated heterocycles. The van der Waals surface area contributed by atoms with E-state index >= 15 is 0 Å². The van der Waals surface area contributed by atoms with Crippen molar-refractivity contribution in [3.63, 3.8) is 0 Å². The van der Waals surface area contributed by atoms with Gasteiger partial charge >= 0.3 is 0 Å². The summed E-state index contributed by atoms with van der Waals surface area (Å²) in [5.74, 6) is 1.16. The van der Waals surface area contributed by atoms with E-state index in [4.69, 9.17) is 39.8 Å². The lowest BCUT2D eigenvalue weighted by molar-refractivity contribution is 0.574. The number of nitrogens with zero attached hydrogens (tertiary/aromatic N) is 2. The van der Waals surface area contributed by atoms with Crippen molar-refractivity contribution in [2.75, 3.05) is 0 Å². The zero-order valence-electron chi connectivity index (χ0n) is 13.4. The number of aromatic nitrogens is 1. The van der Waals surface area contributed by atoms with Crippen molar-refractivity contribution in [1.82, 2.24) is 15.7 Å². The standard InChI is InChI=1S/C18H14Cl2N4OS/c19-13-3-5-16(20)15(8-13)17-6-4-14(25-17)11-23-24-18(26)22-10-12-2-1-7-21-9-12/h1-9,11H,10H2,(H2,22,24,26). The van der Waals surface area contributed by atoms with Gasteiger partial charge in [0.15, 0.2) is 5.11 Å². The van der Waals surface area contributed by atoms with Crippen molar-refractivity contribution in [2.24, 2.45) is 5.10 Å². The number of halogens is 2. The molecule has 0 saturated carbocycles. The monoisotopic (exact) mass is 404 g/mol. The SMILES string of the molecule is S=C(NCc1cccnc1)NN=Cc1ccc(-c2cc(Cl)ccc2Cl)o1. The van der Waals surface area contributed by atoms with E-state index in [2.05, 4.69) is 20.8 Å². The van der Waals surface area contributed by atoms with Crippen molar-refractivity contribution < 1.29 is 4.42 Å². The predicted octanol–water partition coefficient (Wildman–Crippen LogP) is 4.65. The topological polar surface area (TPSA) is 62.5 Å². The van der Waals surface area contributed by atoms with Crippen LogP contribution in [0.5, 0.6) is 0 Å². The molecule has 0 aliphatic carbocycles. The summed E-state index contributed by atoms with van der Waals surface area (Å²) in [6.45, 7) is 0.563. The van der Waals surface area contributed by atoms with E-state index in [1.165, 1.54) is 6.21 Å². The van der Waals surface area contributed by atoms with Gasteiger partial charge in [0.05, 0.1) is 11.2 Å². The predicted molar refractivity (Wildman–Crippen MR) is 109 cm³/mol. The Hall–Kier alpha value is -2.41. The molecule has 3 aromatic rings. The number of hydrazone groups is 1. The maximum absolute atomic E-state index is 6.18. The van der Waals surface area contributed by atoms with Gasteiger partial charge in [-0.15, -0.1) is 0 Å². The van der Waals surface area contributed by atoms with Gasteiger partial charge in [0.1, 0.15) is 11.5 Å². The number of pyridine rings is 1. The highest BCUT2D eigenvalue weighted by molar-refractivity contribution is 7.80. The van der Waals surface area contributed by atoms with E-state index in [-0.39, 0.29) is 0 Å². The summed E-state index contributed by atoms with van der Waals surface area (Å²) in [5, 5.41) is 8.63. The number of nitrogens with one attached hydrogen (secondary N) is 2. The quantitative estimate of drug-likeness (QED) is 0.368. The molecule has 132 valence electrons. The van der Waals surface area contributed by atoms with Gasteiger partial charge in [0.2, 0.25) is 0 Å². The third-order valence-electron chi connectivity index (χ3n) is 3.35. The molecular weight excluding hydrogens is 391 g/mol. The second kappa shape index (κ2) is 8.80. The Labute approximate surface area is 166 Å². The molecular formula is C18H14Cl2N4OS. The van der Waals surface area contributed by atoms with Gasteiger partial charge in [0, 0.05) is 29.5 Å². The Kier molecular flexibility index (Phi) is 6.22. The maximum Gasteiger partial charge on any atom is 0.187 e. The van der Waals surface area contributed by atoms with E-state index < -0.39 is 0 Å². The zero-order chi connectivity index (χ0) is 18.4. The van der Waals surface area contributed by atoms with Gasteiger partial charge in [-0.25, -0.2) is 0 Å². The molecule has 0 bridgehead atoms. The van der Waals surface area contributed by atoms with Crippen molar-refractivity contribution in [3.8, 4) is 11.3 Å². The Bertz CT molecular complexity index is 928. The van der Waals surface area contributed by atoms with E-state index in [1.807, 2.05) is 12.1 Å². The van der Waals surface area contributed by atoms with Crippen LogP contribution in [0.4, 0.5) is 0 Å². The highest BCUT2D eigenvalue weighted by Gasteiger charge is 2.08. The molecule has 0 unspecified atom stereocenters. The van der Waals surface area contributed by atoms with Crippen LogP contribution in [-0.2, 0) is 6.54 Å². The lowest BCUT2D eigenvalue weighted by atomic mass is 10.2. The van der Waals surface area contributed by atoms with E-state index in [0.717, 1.165) is 11.1 Å². The number of furan rings is 1. The van der Waals surface area contributed by atoms with Crippen molar-refractivity contribution >= 4 is 46.7 Å². The lowest BCUT2D eigenvalue weighted by Gasteiger charge is -2.06. The Morgan fingerprint density at radius 3 is 2.92 bits per heavy atom. The third-order valence-corrected chi connectivity index (χ3v) is 4.15. The van der Waals surface area contributed by atoms with Crippen molar-refractivity contribution in [3.05, 3.63) is 76.2 Å². The first kappa shape index (κ1) is 18.4. The van der Waals surface area contributed by atoms with Crippen LogP contribution in [0.1, 0.15) is 11.3 Å². The summed E-state index contributed by atoms with van der Waals surface area (Å²) < 4.78 is 5.71. The molecule has 0 aliphatic rings. The molecule has 1 aromatic carbocycles. The number of rotatable bonds is 5. The molecule has 8 heteroatoms. The maximum atomic E-state index is 6.18. The summed E-state index contributed by atoms with van der Waals surface area (Å²) in [4.78, 5) is 4.04. The van der Waals surface area contributed by atoms with E-state index in [1.54, 1.807) is 42.7 Å². The largest absolute Gasteiger partial charge is 0.455 e. The lowest BCUT2D eigenvalue weighted by Crippen LogP contribution is -2.31. The van der Waals surface area contributed by atoms with Crippen LogP contribution in [0, 0.1) is 0 Å². The Balaban J connectivity index is 1.55. The molecule has 0 radical (unpaired) electrons. The highest BCUT2D eigenvalue weighted by Crippen LogP contribution is 2.31. The molecule has 5 nitrogen and oxygen atoms in total. The van der Waals surface area contributed by atoms with Crippen molar-refractivity contribution in [1.29, 1.82) is 0 Å². The molecule has 2 N–H and O–H groups in total. The average Bonchev–Trinajstić information content (AvgIpc) is 3.11. The number of hydrogen-bond donors (Lipinski definition) is 2. The van der Waals surface area contributed by atoms with Crippen LogP contribution in [0.3, 0.4) is 0 Å². The molecule has 0 fully saturated rings. The first-order chi connectivity index (χ1) is 12.6. The fourth-order valence-electron chi connectivity index (χ4n) is 2.13. The van der Waals surface area contributed by atoms with Crippen LogP contribution in [0.2, 0.25) is 10.0 Å². The van der Waals surface area contributed by atoms with Gasteiger partial charge in [-0.1, -0.05) is 29.3 Å². The fourth-order valence-corrected chi connectivity index (χ4v) is 2.64. The molecule has 0 spiro atoms. The number of hydrogen-bond acceptors (Lipinski definition) is 4.